The zero-order valence-corrected chi connectivity index (χ0v) is 58.4. The number of ketones is 4. The number of hydrogen-bond donors (Lipinski definition) is 0. The van der Waals surface area contributed by atoms with Gasteiger partial charge in [0.2, 0.25) is 0 Å². The Morgan fingerprint density at radius 3 is 1.39 bits per heavy atom. The number of allylic oxidation sites excluding steroid dienone is 18. The van der Waals surface area contributed by atoms with Gasteiger partial charge in [0.1, 0.15) is 47.5 Å². The van der Waals surface area contributed by atoms with E-state index >= 15 is 0 Å². The minimum Gasteiger partial charge on any atom is -0.489 e. The maximum atomic E-state index is 12.2. The van der Waals surface area contributed by atoms with Crippen molar-refractivity contribution in [2.45, 2.75) is 205 Å². The molecule has 0 N–H and O–H groups in total. The first kappa shape index (κ1) is 64.7. The summed E-state index contributed by atoms with van der Waals surface area (Å²) in [5, 5.41) is 0. The average Bonchev–Trinajstić information content (AvgIpc) is 1.45. The van der Waals surface area contributed by atoms with Gasteiger partial charge in [-0.2, -0.15) is 0 Å². The molecule has 512 valence electrons. The van der Waals surface area contributed by atoms with Crippen molar-refractivity contribution in [3.05, 3.63) is 249 Å². The van der Waals surface area contributed by atoms with Gasteiger partial charge in [-0.3, -0.25) is 39.1 Å². The van der Waals surface area contributed by atoms with Crippen molar-refractivity contribution in [3.8, 4) is 0 Å². The Labute approximate surface area is 588 Å². The molecule has 8 heterocycles. The zero-order chi connectivity index (χ0) is 68.1. The fraction of sp³-hybridized carbons (Fsp3) is 0.455. The van der Waals surface area contributed by atoms with Gasteiger partial charge < -0.3 is 18.9 Å². The predicted octanol–water partition coefficient (Wildman–Crippen LogP) is 18.2. The molecule has 12 heteroatoms. The Morgan fingerprint density at radius 2 is 0.850 bits per heavy atom. The van der Waals surface area contributed by atoms with Gasteiger partial charge in [0, 0.05) is 135 Å². The lowest BCUT2D eigenvalue weighted by Gasteiger charge is -2.47. The van der Waals surface area contributed by atoms with Gasteiger partial charge in [-0.25, -0.2) is 0 Å². The van der Waals surface area contributed by atoms with E-state index in [1.807, 2.05) is 67.8 Å². The topological polar surface area (TPSA) is 157 Å². The summed E-state index contributed by atoms with van der Waals surface area (Å²) >= 11 is 0. The molecule has 20 rings (SSSR count). The molecule has 14 atom stereocenters. The lowest BCUT2D eigenvalue weighted by atomic mass is 9.61. The SMILES string of the molecule is C[C@]12C=CC3=CC4=C(CCCC4=O)O[C@H]3[C@@H]1CC=C2c1cccnc1.C[C@]12C=CC3=CC4=C(CCCC4=O)O[C@H]3[C@@H]1CC[C@@H]2c1cccnc1.C[C@]12CCC3=CC4=C(CCCC4=O)O[C@H]3[C@@H]1CC=C2c1cccnc1.C[C@]12CCC3=CC4=C(CCCC4=O)O[C@H]3[C@@H]1CC[C@@H]2c1cccnc1. The van der Waals surface area contributed by atoms with Crippen LogP contribution in [0.1, 0.15) is 203 Å². The Balaban J connectivity index is 0.0000000997. The summed E-state index contributed by atoms with van der Waals surface area (Å²) in [6.45, 7) is 9.52. The monoisotopic (exact) mass is 1330 g/mol. The first-order valence-corrected chi connectivity index (χ1v) is 37.6. The molecule has 4 saturated carbocycles. The number of pyridine rings is 4. The molecule has 0 spiro atoms. The number of aromatic nitrogens is 4. The van der Waals surface area contributed by atoms with E-state index in [4.69, 9.17) is 18.9 Å². The molecule has 12 nitrogen and oxygen atoms in total. The van der Waals surface area contributed by atoms with Crippen molar-refractivity contribution in [3.63, 3.8) is 0 Å². The number of Topliss-reactive ketones (excluding diaryl/α,β-unsaturated/α-hetero) is 4. The number of rotatable bonds is 4. The third kappa shape index (κ3) is 11.0. The second kappa shape index (κ2) is 25.8. The van der Waals surface area contributed by atoms with Crippen LogP contribution in [0.4, 0.5) is 0 Å². The lowest BCUT2D eigenvalue weighted by Crippen LogP contribution is -2.43. The highest BCUT2D eigenvalue weighted by molar-refractivity contribution is 6.01. The van der Waals surface area contributed by atoms with Crippen molar-refractivity contribution in [2.24, 2.45) is 45.3 Å². The van der Waals surface area contributed by atoms with Crippen LogP contribution in [-0.2, 0) is 38.1 Å². The third-order valence-corrected chi connectivity index (χ3v) is 26.8. The van der Waals surface area contributed by atoms with Gasteiger partial charge in [0.25, 0.3) is 0 Å². The Bertz CT molecular complexity index is 4310. The van der Waals surface area contributed by atoms with E-state index in [2.05, 4.69) is 139 Å². The minimum atomic E-state index is -0.0538. The molecule has 0 radical (unpaired) electrons. The van der Waals surface area contributed by atoms with Crippen molar-refractivity contribution in [1.29, 1.82) is 0 Å². The summed E-state index contributed by atoms with van der Waals surface area (Å²) in [6, 6.07) is 16.8. The number of ether oxygens (including phenoxy) is 4. The quantitative estimate of drug-likeness (QED) is 0.191. The zero-order valence-electron chi connectivity index (χ0n) is 58.4. The highest BCUT2D eigenvalue weighted by atomic mass is 16.5. The maximum Gasteiger partial charge on any atom is 0.166 e. The molecule has 0 aromatic carbocycles. The van der Waals surface area contributed by atoms with E-state index in [0.717, 1.165) is 147 Å². The standard InChI is InChI=1S/C22H25NO2.2C22H23NO2.C22H21NO2/c4*1-22-10-9-14-12-16-19(24)5-2-6-20(16)25-21(14)18(22)8-7-17(22)15-4-3-11-23-13-15/h3-4,11-13,17-18,21H,2,5-10H2,1H3;3-4,9-13,17-18,21H,2,5-8H2,1H3;3-4,7,11-13,18,21H,2,5-6,8-10H2,1H3;3-4,7,9-13,18,21H,2,5-6,8H2,1H3/t2*17-,18+,21-,22-;2*18-,21+,22+/m1100/s1. The van der Waals surface area contributed by atoms with Crippen LogP contribution in [0.15, 0.2) is 226 Å². The van der Waals surface area contributed by atoms with Crippen LogP contribution in [0.5, 0.6) is 0 Å². The van der Waals surface area contributed by atoms with E-state index in [1.165, 1.54) is 69.4 Å². The number of carbonyl (C=O) groups is 4. The van der Waals surface area contributed by atoms with Crippen LogP contribution in [-0.4, -0.2) is 67.5 Å². The van der Waals surface area contributed by atoms with Gasteiger partial charge in [-0.15, -0.1) is 0 Å². The molecule has 0 bridgehead atoms. The predicted molar refractivity (Wildman–Crippen MR) is 385 cm³/mol. The van der Waals surface area contributed by atoms with Crippen molar-refractivity contribution in [2.75, 3.05) is 0 Å². The third-order valence-electron chi connectivity index (χ3n) is 26.8. The summed E-state index contributed by atoms with van der Waals surface area (Å²) in [7, 11) is 0. The number of hydrogen-bond acceptors (Lipinski definition) is 12. The van der Waals surface area contributed by atoms with Gasteiger partial charge >= 0.3 is 0 Å². The van der Waals surface area contributed by atoms with Crippen LogP contribution in [0.25, 0.3) is 11.1 Å². The summed E-state index contributed by atoms with van der Waals surface area (Å²) in [5.74, 6) is 7.66. The van der Waals surface area contributed by atoms with E-state index in [1.54, 1.807) is 0 Å². The van der Waals surface area contributed by atoms with Crippen LogP contribution in [0, 0.1) is 45.3 Å². The molecule has 4 aromatic heterocycles. The fourth-order valence-electron chi connectivity index (χ4n) is 21.3. The van der Waals surface area contributed by atoms with Crippen LogP contribution in [0.2, 0.25) is 0 Å². The number of fused-ring (bicyclic) bond motifs is 12. The largest absolute Gasteiger partial charge is 0.489 e. The average molecular weight is 1330 g/mol. The molecular weight excluding hydrogens is 1240 g/mol. The van der Waals surface area contributed by atoms with E-state index in [0.29, 0.717) is 61.2 Å². The van der Waals surface area contributed by atoms with E-state index in [-0.39, 0.29) is 69.2 Å². The lowest BCUT2D eigenvalue weighted by molar-refractivity contribution is -0.117. The molecule has 100 heavy (non-hydrogen) atoms. The van der Waals surface area contributed by atoms with Crippen molar-refractivity contribution < 1.29 is 38.1 Å². The minimum absolute atomic E-state index is 0.0464. The molecule has 0 unspecified atom stereocenters. The Kier molecular flexibility index (Phi) is 16.7. The second-order valence-electron chi connectivity index (χ2n) is 32.0. The Morgan fingerprint density at radius 1 is 0.410 bits per heavy atom. The van der Waals surface area contributed by atoms with Gasteiger partial charge in [0.05, 0.1) is 22.3 Å². The van der Waals surface area contributed by atoms with Crippen molar-refractivity contribution >= 4 is 34.3 Å². The fourth-order valence-corrected chi connectivity index (χ4v) is 21.3. The molecule has 12 aliphatic carbocycles. The number of nitrogens with zero attached hydrogens (tertiary/aromatic N) is 4. The number of carbonyl (C=O) groups excluding carboxylic acids is 4. The van der Waals surface area contributed by atoms with Gasteiger partial charge in [-0.1, -0.05) is 88.4 Å². The second-order valence-corrected chi connectivity index (χ2v) is 32.0. The summed E-state index contributed by atoms with van der Waals surface area (Å²) in [5.41, 5.74) is 16.7. The molecular formula is C88H92N4O8. The van der Waals surface area contributed by atoms with E-state index in [9.17, 15) is 19.2 Å². The van der Waals surface area contributed by atoms with Crippen LogP contribution in [0.3, 0.4) is 0 Å². The molecule has 16 aliphatic rings. The molecule has 4 fully saturated rings. The highest BCUT2D eigenvalue weighted by Crippen LogP contribution is 2.64. The molecule has 0 saturated heterocycles. The molecule has 4 aromatic rings. The first-order valence-electron chi connectivity index (χ1n) is 37.6. The Hall–Kier alpha value is -8.64. The summed E-state index contributed by atoms with van der Waals surface area (Å²) < 4.78 is 25.8. The summed E-state index contributed by atoms with van der Waals surface area (Å²) in [4.78, 5) is 66.2. The van der Waals surface area contributed by atoms with Crippen LogP contribution < -0.4 is 0 Å². The maximum absolute atomic E-state index is 12.2. The molecule has 4 aliphatic heterocycles. The van der Waals surface area contributed by atoms with Crippen LogP contribution >= 0.6 is 0 Å². The smallest absolute Gasteiger partial charge is 0.166 e. The van der Waals surface area contributed by atoms with E-state index < -0.39 is 0 Å². The highest BCUT2D eigenvalue weighted by Gasteiger charge is 2.57. The molecule has 0 amide bonds. The van der Waals surface area contributed by atoms with Gasteiger partial charge in [0.15, 0.2) is 23.1 Å². The van der Waals surface area contributed by atoms with Gasteiger partial charge in [-0.05, 0) is 217 Å². The first-order chi connectivity index (χ1) is 48.7. The normalized spacial score (nSPS) is 35.0. The van der Waals surface area contributed by atoms with Crippen molar-refractivity contribution in [1.82, 2.24) is 19.9 Å². The summed E-state index contributed by atoms with van der Waals surface area (Å²) in [6.07, 6.45) is 59.2.